The summed E-state index contributed by atoms with van der Waals surface area (Å²) < 4.78 is 19.2. The number of ether oxygens (including phenoxy) is 1. The van der Waals surface area contributed by atoms with E-state index < -0.39 is 9.93 Å². The van der Waals surface area contributed by atoms with Gasteiger partial charge in [0.2, 0.25) is 0 Å². The fourth-order valence-electron chi connectivity index (χ4n) is 2.52. The Morgan fingerprint density at radius 2 is 1.05 bits per heavy atom. The van der Waals surface area contributed by atoms with Gasteiger partial charge in [-0.1, -0.05) is 36.4 Å². The van der Waals surface area contributed by atoms with Crippen LogP contribution in [-0.2, 0) is 9.93 Å². The minimum Gasteiger partial charge on any atom is -0.497 e. The van der Waals surface area contributed by atoms with E-state index in [0.29, 0.717) is 0 Å². The van der Waals surface area contributed by atoms with Crippen LogP contribution < -0.4 is 4.74 Å². The second-order valence-corrected chi connectivity index (χ2v) is 7.75. The van der Waals surface area contributed by atoms with Gasteiger partial charge in [-0.15, -0.1) is 0 Å². The third kappa shape index (κ3) is 2.55. The molecule has 3 aromatic carbocycles. The van der Waals surface area contributed by atoms with Crippen LogP contribution in [0.5, 0.6) is 5.75 Å². The zero-order chi connectivity index (χ0) is 15.4. The molecule has 0 saturated carbocycles. The van der Waals surface area contributed by atoms with E-state index in [1.54, 1.807) is 7.11 Å². The number of thiol groups is 1. The Labute approximate surface area is 131 Å². The average Bonchev–Trinajstić information content (AvgIpc) is 2.62. The summed E-state index contributed by atoms with van der Waals surface area (Å²) in [5.41, 5.74) is 0. The number of hydrogen-bond acceptors (Lipinski definition) is 2. The van der Waals surface area contributed by atoms with Crippen LogP contribution >= 0.6 is 0 Å². The van der Waals surface area contributed by atoms with Gasteiger partial charge in [-0.3, -0.25) is 4.21 Å². The Bertz CT molecular complexity index is 737. The average molecular weight is 310 g/mol. The molecule has 0 unspecified atom stereocenters. The van der Waals surface area contributed by atoms with Crippen LogP contribution in [0.25, 0.3) is 0 Å². The van der Waals surface area contributed by atoms with E-state index in [9.17, 15) is 4.21 Å². The molecule has 0 spiro atoms. The molecule has 0 heterocycles. The van der Waals surface area contributed by atoms with Gasteiger partial charge >= 0.3 is 0 Å². The molecule has 3 aromatic rings. The zero-order valence-corrected chi connectivity index (χ0v) is 13.2. The van der Waals surface area contributed by atoms with Crippen LogP contribution in [-0.4, -0.2) is 11.3 Å². The van der Waals surface area contributed by atoms with E-state index in [1.807, 2.05) is 84.9 Å². The van der Waals surface area contributed by atoms with Crippen molar-refractivity contribution in [2.75, 3.05) is 7.11 Å². The van der Waals surface area contributed by atoms with Crippen molar-refractivity contribution in [3.8, 4) is 5.75 Å². The maximum Gasteiger partial charge on any atom is 0.118 e. The van der Waals surface area contributed by atoms with Crippen molar-refractivity contribution in [3.05, 3.63) is 84.9 Å². The van der Waals surface area contributed by atoms with Crippen LogP contribution in [0.1, 0.15) is 0 Å². The quantitative estimate of drug-likeness (QED) is 0.731. The number of hydrogen-bond donors (Lipinski definition) is 1. The molecule has 0 N–H and O–H groups in total. The van der Waals surface area contributed by atoms with Crippen molar-refractivity contribution in [2.45, 2.75) is 14.7 Å². The Morgan fingerprint density at radius 1 is 0.636 bits per heavy atom. The molecule has 0 aliphatic carbocycles. The van der Waals surface area contributed by atoms with E-state index in [2.05, 4.69) is 0 Å². The lowest BCUT2D eigenvalue weighted by molar-refractivity contribution is 0.414. The predicted octanol–water partition coefficient (Wildman–Crippen LogP) is 4.19. The number of rotatable bonds is 4. The van der Waals surface area contributed by atoms with Crippen LogP contribution in [0.2, 0.25) is 0 Å². The molecular formula is C19H18O2S. The predicted molar refractivity (Wildman–Crippen MR) is 90.2 cm³/mol. The number of methoxy groups -OCH3 is 1. The molecule has 0 bridgehead atoms. The van der Waals surface area contributed by atoms with Gasteiger partial charge < -0.3 is 4.74 Å². The smallest absolute Gasteiger partial charge is 0.118 e. The van der Waals surface area contributed by atoms with Gasteiger partial charge in [0.05, 0.1) is 7.11 Å². The number of benzene rings is 3. The third-order valence-electron chi connectivity index (χ3n) is 3.68. The summed E-state index contributed by atoms with van der Waals surface area (Å²) in [7, 11) is -1.23. The SMILES string of the molecule is COc1ccc([SH](=O)(c2ccccc2)c2ccccc2)cc1. The van der Waals surface area contributed by atoms with Gasteiger partial charge in [0.1, 0.15) is 5.75 Å². The molecule has 22 heavy (non-hydrogen) atoms. The normalized spacial score (nSPS) is 11.9. The van der Waals surface area contributed by atoms with Gasteiger partial charge in [-0.2, -0.15) is 0 Å². The minimum absolute atomic E-state index is 0.761. The lowest BCUT2D eigenvalue weighted by Crippen LogP contribution is -2.13. The van der Waals surface area contributed by atoms with Gasteiger partial charge in [0, 0.05) is 14.7 Å². The fourth-order valence-corrected chi connectivity index (χ4v) is 5.16. The summed E-state index contributed by atoms with van der Waals surface area (Å²) in [6.45, 7) is 0. The molecular weight excluding hydrogens is 292 g/mol. The molecule has 0 radical (unpaired) electrons. The van der Waals surface area contributed by atoms with Gasteiger partial charge in [0.15, 0.2) is 0 Å². The maximum absolute atomic E-state index is 14.0. The van der Waals surface area contributed by atoms with Crippen molar-refractivity contribution in [2.24, 2.45) is 0 Å². The van der Waals surface area contributed by atoms with E-state index >= 15 is 0 Å². The fraction of sp³-hybridized carbons (Fsp3) is 0.0526. The highest BCUT2D eigenvalue weighted by atomic mass is 32.2. The van der Waals surface area contributed by atoms with Crippen LogP contribution in [0.15, 0.2) is 99.6 Å². The molecule has 0 aliphatic heterocycles. The molecule has 0 amide bonds. The molecule has 0 atom stereocenters. The second-order valence-electron chi connectivity index (χ2n) is 4.98. The summed E-state index contributed by atoms with van der Waals surface area (Å²) in [5, 5.41) is 0. The molecule has 3 heteroatoms. The van der Waals surface area contributed by atoms with Crippen molar-refractivity contribution in [3.63, 3.8) is 0 Å². The summed E-state index contributed by atoms with van der Waals surface area (Å²) in [6.07, 6.45) is 0. The Hall–Kier alpha value is -2.39. The Kier molecular flexibility index (Phi) is 4.07. The summed E-state index contributed by atoms with van der Waals surface area (Å²) in [6, 6.07) is 26.8. The van der Waals surface area contributed by atoms with Gasteiger partial charge in [-0.05, 0) is 58.5 Å². The monoisotopic (exact) mass is 310 g/mol. The van der Waals surface area contributed by atoms with E-state index in [1.165, 1.54) is 0 Å². The summed E-state index contributed by atoms with van der Waals surface area (Å²) in [4.78, 5) is 2.49. The minimum atomic E-state index is -2.86. The van der Waals surface area contributed by atoms with Crippen LogP contribution in [0.4, 0.5) is 0 Å². The first kappa shape index (κ1) is 14.5. The van der Waals surface area contributed by atoms with E-state index in [0.717, 1.165) is 20.4 Å². The van der Waals surface area contributed by atoms with Crippen molar-refractivity contribution in [1.82, 2.24) is 0 Å². The first-order valence-electron chi connectivity index (χ1n) is 7.11. The first-order valence-corrected chi connectivity index (χ1v) is 8.82. The highest BCUT2D eigenvalue weighted by Crippen LogP contribution is 2.36. The largest absolute Gasteiger partial charge is 0.497 e. The summed E-state index contributed by atoms with van der Waals surface area (Å²) >= 11 is 0. The van der Waals surface area contributed by atoms with Crippen molar-refractivity contribution < 1.29 is 8.95 Å². The van der Waals surface area contributed by atoms with Crippen LogP contribution in [0.3, 0.4) is 0 Å². The maximum atomic E-state index is 14.0. The Balaban J connectivity index is 2.21. The second kappa shape index (κ2) is 6.16. The topological polar surface area (TPSA) is 26.3 Å². The lowest BCUT2D eigenvalue weighted by Gasteiger charge is -2.25. The summed E-state index contributed by atoms with van der Waals surface area (Å²) in [5.74, 6) is 0.761. The Morgan fingerprint density at radius 3 is 1.45 bits per heavy atom. The standard InChI is InChI=1S/C19H18O2S/c1-21-16-12-14-19(15-13-16)22(20,17-8-4-2-5-9-17)18-10-6-3-7-11-18/h2-15,22H,1H3. The first-order chi connectivity index (χ1) is 10.7. The van der Waals surface area contributed by atoms with Gasteiger partial charge in [0.25, 0.3) is 0 Å². The molecule has 0 saturated heterocycles. The molecule has 0 aromatic heterocycles. The van der Waals surface area contributed by atoms with E-state index in [-0.39, 0.29) is 0 Å². The van der Waals surface area contributed by atoms with Gasteiger partial charge in [-0.25, -0.2) is 0 Å². The molecule has 0 aliphatic rings. The molecule has 0 fully saturated rings. The molecule has 2 nitrogen and oxygen atoms in total. The van der Waals surface area contributed by atoms with Crippen molar-refractivity contribution >= 4 is 9.93 Å². The molecule has 112 valence electrons. The highest BCUT2D eigenvalue weighted by Gasteiger charge is 2.22. The lowest BCUT2D eigenvalue weighted by atomic mass is 10.3. The van der Waals surface area contributed by atoms with Crippen LogP contribution in [0, 0.1) is 0 Å². The van der Waals surface area contributed by atoms with Crippen molar-refractivity contribution in [1.29, 1.82) is 0 Å². The molecule has 3 rings (SSSR count). The highest BCUT2D eigenvalue weighted by molar-refractivity contribution is 8.03. The third-order valence-corrected chi connectivity index (χ3v) is 6.75. The van der Waals surface area contributed by atoms with E-state index in [4.69, 9.17) is 4.74 Å². The zero-order valence-electron chi connectivity index (χ0n) is 12.3.